The largest absolute Gasteiger partial charge is 0.479 e. The van der Waals surface area contributed by atoms with Crippen LogP contribution in [0.2, 0.25) is 0 Å². The Bertz CT molecular complexity index is 1700. The monoisotopic (exact) mass is 506 g/mol. The van der Waals surface area contributed by atoms with Crippen LogP contribution in [0.3, 0.4) is 0 Å². The van der Waals surface area contributed by atoms with Crippen molar-refractivity contribution >= 4 is 29.0 Å². The number of rotatable bonds is 6. The van der Waals surface area contributed by atoms with Crippen LogP contribution in [0.1, 0.15) is 24.1 Å². The van der Waals surface area contributed by atoms with Crippen molar-refractivity contribution in [2.24, 2.45) is 4.99 Å². The van der Waals surface area contributed by atoms with Crippen molar-refractivity contribution in [1.29, 1.82) is 5.26 Å². The topological polar surface area (TPSA) is 96.5 Å². The van der Waals surface area contributed by atoms with Gasteiger partial charge in [-0.2, -0.15) is 5.26 Å². The van der Waals surface area contributed by atoms with Gasteiger partial charge in [-0.1, -0.05) is 72.0 Å². The van der Waals surface area contributed by atoms with Gasteiger partial charge in [0.25, 0.3) is 11.5 Å². The van der Waals surface area contributed by atoms with Crippen molar-refractivity contribution in [1.82, 2.24) is 4.57 Å². The second-order valence-electron chi connectivity index (χ2n) is 8.33. The second-order valence-corrected chi connectivity index (χ2v) is 9.34. The number of carbonyl (C=O) groups excluding carboxylic acids is 1. The van der Waals surface area contributed by atoms with Crippen LogP contribution in [-0.4, -0.2) is 17.1 Å². The van der Waals surface area contributed by atoms with Crippen LogP contribution in [0, 0.1) is 11.3 Å². The molecule has 0 fully saturated rings. The molecule has 0 bridgehead atoms. The molecule has 5 rings (SSSR count). The Morgan fingerprint density at radius 3 is 2.43 bits per heavy atom. The summed E-state index contributed by atoms with van der Waals surface area (Å²) in [5, 5.41) is 11.6. The van der Waals surface area contributed by atoms with Gasteiger partial charge >= 0.3 is 0 Å². The van der Waals surface area contributed by atoms with Gasteiger partial charge in [0.15, 0.2) is 11.4 Å². The molecule has 1 aliphatic heterocycles. The third kappa shape index (κ3) is 4.99. The zero-order valence-electron chi connectivity index (χ0n) is 19.9. The number of allylic oxidation sites excluding steroid dienone is 1. The van der Waals surface area contributed by atoms with Gasteiger partial charge in [0.05, 0.1) is 21.8 Å². The van der Waals surface area contributed by atoms with Gasteiger partial charge in [0, 0.05) is 5.69 Å². The molecule has 0 saturated carbocycles. The van der Waals surface area contributed by atoms with Crippen LogP contribution in [-0.2, 0) is 4.79 Å². The maximum Gasteiger partial charge on any atom is 0.271 e. The highest BCUT2D eigenvalue weighted by Crippen LogP contribution is 2.30. The number of nitrogens with zero attached hydrogens (tertiary/aromatic N) is 3. The lowest BCUT2D eigenvalue weighted by molar-refractivity contribution is -0.113. The number of para-hydroxylation sites is 1. The van der Waals surface area contributed by atoms with E-state index in [-0.39, 0.29) is 18.1 Å². The number of thiazole rings is 1. The number of anilines is 1. The summed E-state index contributed by atoms with van der Waals surface area (Å²) in [6, 6.07) is 27.2. The Morgan fingerprint density at radius 1 is 1.08 bits per heavy atom. The van der Waals surface area contributed by atoms with Crippen molar-refractivity contribution in [3.63, 3.8) is 0 Å². The standard InChI is InChI=1S/C29H22N4O3S/c1-19-25(27(34)32-22-10-6-3-7-11-22)26(21-8-4-2-5-9-21)33-28(35)24(37-29(33)31-19)18-20-12-14-23(15-13-20)36-17-16-30/h2-15,18,26H,17H2,1H3,(H,32,34)/b24-18-/t26-/m1/s1. The van der Waals surface area contributed by atoms with Gasteiger partial charge in [-0.25, -0.2) is 4.99 Å². The fraction of sp³-hybridized carbons (Fsp3) is 0.103. The summed E-state index contributed by atoms with van der Waals surface area (Å²) in [5.74, 6) is 0.275. The number of ether oxygens (including phenoxy) is 1. The number of amides is 1. The second kappa shape index (κ2) is 10.5. The Balaban J connectivity index is 1.59. The molecule has 0 saturated heterocycles. The van der Waals surface area contributed by atoms with Crippen molar-refractivity contribution < 1.29 is 9.53 Å². The average Bonchev–Trinajstić information content (AvgIpc) is 3.22. The number of fused-ring (bicyclic) bond motifs is 1. The van der Waals surface area contributed by atoms with Crippen LogP contribution in [0.4, 0.5) is 5.69 Å². The lowest BCUT2D eigenvalue weighted by Crippen LogP contribution is -2.40. The van der Waals surface area contributed by atoms with E-state index in [1.165, 1.54) is 11.3 Å². The molecule has 2 heterocycles. The first kappa shape index (κ1) is 24.0. The van der Waals surface area contributed by atoms with Crippen molar-refractivity contribution in [2.45, 2.75) is 13.0 Å². The molecule has 1 amide bonds. The minimum Gasteiger partial charge on any atom is -0.479 e. The Hall–Kier alpha value is -4.74. The third-order valence-corrected chi connectivity index (χ3v) is 6.88. The summed E-state index contributed by atoms with van der Waals surface area (Å²) in [6.07, 6.45) is 1.79. The molecule has 0 spiro atoms. The molecule has 3 aromatic carbocycles. The number of hydrogen-bond acceptors (Lipinski definition) is 6. The third-order valence-electron chi connectivity index (χ3n) is 5.89. The fourth-order valence-corrected chi connectivity index (χ4v) is 5.26. The molecule has 4 aromatic rings. The van der Waals surface area contributed by atoms with Crippen LogP contribution < -0.4 is 24.9 Å². The number of benzene rings is 3. The van der Waals surface area contributed by atoms with Crippen molar-refractivity contribution in [3.8, 4) is 11.8 Å². The molecule has 0 aliphatic carbocycles. The van der Waals surface area contributed by atoms with E-state index >= 15 is 0 Å². The zero-order valence-corrected chi connectivity index (χ0v) is 20.7. The van der Waals surface area contributed by atoms with Gasteiger partial charge in [-0.15, -0.1) is 0 Å². The molecule has 1 aromatic heterocycles. The Morgan fingerprint density at radius 2 is 1.76 bits per heavy atom. The predicted octanol–water partition coefficient (Wildman–Crippen LogP) is 3.78. The first-order valence-corrected chi connectivity index (χ1v) is 12.4. The van der Waals surface area contributed by atoms with Gasteiger partial charge < -0.3 is 10.1 Å². The highest BCUT2D eigenvalue weighted by atomic mass is 32.1. The van der Waals surface area contributed by atoms with E-state index < -0.39 is 6.04 Å². The molecular formula is C29H22N4O3S. The Labute approximate surface area is 216 Å². The zero-order chi connectivity index (χ0) is 25.8. The summed E-state index contributed by atoms with van der Waals surface area (Å²) < 4.78 is 7.41. The molecule has 7 nitrogen and oxygen atoms in total. The van der Waals surface area contributed by atoms with Gasteiger partial charge in [0.1, 0.15) is 11.8 Å². The predicted molar refractivity (Wildman–Crippen MR) is 143 cm³/mol. The van der Waals surface area contributed by atoms with Crippen LogP contribution in [0.5, 0.6) is 5.75 Å². The average molecular weight is 507 g/mol. The summed E-state index contributed by atoms with van der Waals surface area (Å²) in [5.41, 5.74) is 3.06. The maximum atomic E-state index is 13.7. The maximum absolute atomic E-state index is 13.7. The number of nitrogens with one attached hydrogen (secondary N) is 1. The summed E-state index contributed by atoms with van der Waals surface area (Å²) >= 11 is 1.28. The number of aromatic nitrogens is 1. The minimum atomic E-state index is -0.620. The molecular weight excluding hydrogens is 484 g/mol. The van der Waals surface area contributed by atoms with E-state index in [0.29, 0.717) is 32.0 Å². The summed E-state index contributed by atoms with van der Waals surface area (Å²) in [7, 11) is 0. The van der Waals surface area contributed by atoms with Crippen molar-refractivity contribution in [2.75, 3.05) is 11.9 Å². The fourth-order valence-electron chi connectivity index (χ4n) is 4.21. The van der Waals surface area contributed by atoms with Gasteiger partial charge in [-0.3, -0.25) is 14.2 Å². The normalized spacial score (nSPS) is 14.9. The van der Waals surface area contributed by atoms with E-state index in [1.807, 2.05) is 78.9 Å². The van der Waals surface area contributed by atoms with Crippen LogP contribution >= 0.6 is 11.3 Å². The highest BCUT2D eigenvalue weighted by Gasteiger charge is 2.32. The lowest BCUT2D eigenvalue weighted by atomic mass is 9.95. The smallest absolute Gasteiger partial charge is 0.271 e. The molecule has 1 atom stereocenters. The van der Waals surface area contributed by atoms with Gasteiger partial charge in [-0.05, 0) is 48.4 Å². The van der Waals surface area contributed by atoms with Crippen LogP contribution in [0.25, 0.3) is 6.08 Å². The minimum absolute atomic E-state index is 0.0308. The van der Waals surface area contributed by atoms with E-state index in [1.54, 1.807) is 29.7 Å². The molecule has 0 unspecified atom stereocenters. The molecule has 37 heavy (non-hydrogen) atoms. The van der Waals surface area contributed by atoms with E-state index in [9.17, 15) is 9.59 Å². The summed E-state index contributed by atoms with van der Waals surface area (Å²) in [6.45, 7) is 1.77. The Kier molecular flexibility index (Phi) is 6.79. The van der Waals surface area contributed by atoms with Gasteiger partial charge in [0.2, 0.25) is 0 Å². The molecule has 1 aliphatic rings. The summed E-state index contributed by atoms with van der Waals surface area (Å²) in [4.78, 5) is 32.4. The lowest BCUT2D eigenvalue weighted by Gasteiger charge is -2.25. The molecule has 8 heteroatoms. The first-order chi connectivity index (χ1) is 18.0. The number of carbonyl (C=O) groups is 1. The molecule has 0 radical (unpaired) electrons. The van der Waals surface area contributed by atoms with Crippen molar-refractivity contribution in [3.05, 3.63) is 127 Å². The highest BCUT2D eigenvalue weighted by molar-refractivity contribution is 7.07. The molecule has 1 N–H and O–H groups in total. The SMILES string of the molecule is CC1=C(C(=O)Nc2ccccc2)[C@@H](c2ccccc2)n2c(s/c(=C\c3ccc(OCC#N)cc3)c2=O)=N1. The molecule has 182 valence electrons. The quantitative estimate of drug-likeness (QED) is 0.431. The van der Waals surface area contributed by atoms with E-state index in [0.717, 1.165) is 11.1 Å². The first-order valence-electron chi connectivity index (χ1n) is 11.6. The number of hydrogen-bond donors (Lipinski definition) is 1. The van der Waals surface area contributed by atoms with E-state index in [2.05, 4.69) is 10.3 Å². The van der Waals surface area contributed by atoms with E-state index in [4.69, 9.17) is 10.00 Å². The number of nitriles is 1. The van der Waals surface area contributed by atoms with Crippen LogP contribution in [0.15, 0.2) is 106 Å².